The van der Waals surface area contributed by atoms with Crippen molar-refractivity contribution in [2.24, 2.45) is 0 Å². The fourth-order valence-corrected chi connectivity index (χ4v) is 3.25. The normalized spacial score (nSPS) is 20.7. The molecule has 2 unspecified atom stereocenters. The van der Waals surface area contributed by atoms with E-state index in [9.17, 15) is 0 Å². The van der Waals surface area contributed by atoms with Gasteiger partial charge in [-0.15, -0.1) is 0 Å². The first-order valence-corrected chi connectivity index (χ1v) is 7.20. The van der Waals surface area contributed by atoms with Gasteiger partial charge in [0.25, 0.3) is 0 Å². The van der Waals surface area contributed by atoms with E-state index < -0.39 is 0 Å². The Bertz CT molecular complexity index is 579. The van der Waals surface area contributed by atoms with Crippen molar-refractivity contribution in [3.8, 4) is 5.75 Å². The summed E-state index contributed by atoms with van der Waals surface area (Å²) >= 11 is 0. The van der Waals surface area contributed by atoms with Gasteiger partial charge < -0.3 is 10.1 Å². The van der Waals surface area contributed by atoms with Crippen LogP contribution in [-0.2, 0) is 12.8 Å². The molecule has 0 aromatic heterocycles. The molecule has 0 heterocycles. The van der Waals surface area contributed by atoms with Gasteiger partial charge in [0, 0.05) is 12.0 Å². The summed E-state index contributed by atoms with van der Waals surface area (Å²) in [4.78, 5) is 0. The number of methoxy groups -OCH3 is 1. The van der Waals surface area contributed by atoms with Gasteiger partial charge in [-0.2, -0.15) is 0 Å². The first-order chi connectivity index (χ1) is 9.81. The Hall–Kier alpha value is -1.80. The molecule has 1 aliphatic carbocycles. The maximum absolute atomic E-state index is 5.39. The Morgan fingerprint density at radius 1 is 1.15 bits per heavy atom. The van der Waals surface area contributed by atoms with Crippen molar-refractivity contribution in [3.63, 3.8) is 0 Å². The molecule has 1 aliphatic rings. The van der Waals surface area contributed by atoms with Gasteiger partial charge in [0.05, 0.1) is 7.11 Å². The molecule has 0 spiro atoms. The van der Waals surface area contributed by atoms with Crippen molar-refractivity contribution in [3.05, 3.63) is 65.2 Å². The first kappa shape index (κ1) is 13.2. The summed E-state index contributed by atoms with van der Waals surface area (Å²) in [6, 6.07) is 17.7. The first-order valence-electron chi connectivity index (χ1n) is 7.20. The minimum atomic E-state index is 0.511. The predicted molar refractivity (Wildman–Crippen MR) is 82.4 cm³/mol. The summed E-state index contributed by atoms with van der Waals surface area (Å²) in [5.41, 5.74) is 4.28. The third-order valence-corrected chi connectivity index (χ3v) is 4.35. The minimum Gasteiger partial charge on any atom is -0.497 e. The van der Waals surface area contributed by atoms with Gasteiger partial charge in [0.15, 0.2) is 0 Å². The molecule has 0 radical (unpaired) electrons. The van der Waals surface area contributed by atoms with Crippen LogP contribution in [0.1, 0.15) is 22.6 Å². The van der Waals surface area contributed by atoms with Crippen molar-refractivity contribution in [1.82, 2.24) is 5.32 Å². The van der Waals surface area contributed by atoms with Crippen molar-refractivity contribution in [1.29, 1.82) is 0 Å². The number of fused-ring (bicyclic) bond motifs is 1. The highest BCUT2D eigenvalue weighted by molar-refractivity contribution is 5.44. The maximum Gasteiger partial charge on any atom is 0.119 e. The van der Waals surface area contributed by atoms with E-state index in [4.69, 9.17) is 4.74 Å². The number of hydrogen-bond donors (Lipinski definition) is 1. The third kappa shape index (κ3) is 2.44. The number of rotatable bonds is 4. The quantitative estimate of drug-likeness (QED) is 0.918. The zero-order chi connectivity index (χ0) is 13.9. The molecule has 0 aliphatic heterocycles. The Balaban J connectivity index is 1.92. The maximum atomic E-state index is 5.39. The third-order valence-electron chi connectivity index (χ3n) is 4.35. The van der Waals surface area contributed by atoms with Gasteiger partial charge >= 0.3 is 0 Å². The standard InChI is InChI=1S/C18H21NO/c1-19-18-11-14-8-9-15(20-2)12-16(14)17(18)10-13-6-4-3-5-7-13/h3-9,12,17-19H,10-11H2,1-2H3. The highest BCUT2D eigenvalue weighted by Crippen LogP contribution is 2.37. The van der Waals surface area contributed by atoms with Crippen LogP contribution in [0.3, 0.4) is 0 Å². The summed E-state index contributed by atoms with van der Waals surface area (Å²) in [5.74, 6) is 1.48. The zero-order valence-electron chi connectivity index (χ0n) is 12.1. The monoisotopic (exact) mass is 267 g/mol. The topological polar surface area (TPSA) is 21.3 Å². The Morgan fingerprint density at radius 2 is 1.95 bits per heavy atom. The van der Waals surface area contributed by atoms with Crippen LogP contribution in [0.4, 0.5) is 0 Å². The molecule has 2 aromatic rings. The smallest absolute Gasteiger partial charge is 0.119 e. The lowest BCUT2D eigenvalue weighted by molar-refractivity contribution is 0.413. The molecule has 104 valence electrons. The largest absolute Gasteiger partial charge is 0.497 e. The van der Waals surface area contributed by atoms with Gasteiger partial charge in [-0.1, -0.05) is 36.4 Å². The molecule has 1 N–H and O–H groups in total. The number of benzene rings is 2. The summed E-state index contributed by atoms with van der Waals surface area (Å²) < 4.78 is 5.39. The van der Waals surface area contributed by atoms with E-state index in [-0.39, 0.29) is 0 Å². The molecular weight excluding hydrogens is 246 g/mol. The summed E-state index contributed by atoms with van der Waals surface area (Å²) in [7, 11) is 3.80. The molecule has 0 saturated carbocycles. The number of nitrogens with one attached hydrogen (secondary N) is 1. The van der Waals surface area contributed by atoms with E-state index in [2.05, 4.69) is 60.9 Å². The molecule has 2 aromatic carbocycles. The van der Waals surface area contributed by atoms with Gasteiger partial charge in [-0.3, -0.25) is 0 Å². The lowest BCUT2D eigenvalue weighted by atomic mass is 9.91. The van der Waals surface area contributed by atoms with Crippen LogP contribution in [0, 0.1) is 0 Å². The van der Waals surface area contributed by atoms with E-state index in [0.29, 0.717) is 12.0 Å². The molecular formula is C18H21NO. The van der Waals surface area contributed by atoms with Crippen LogP contribution in [0.25, 0.3) is 0 Å². The second-order valence-electron chi connectivity index (χ2n) is 5.46. The predicted octanol–water partition coefficient (Wildman–Crippen LogP) is 3.17. The molecule has 2 atom stereocenters. The van der Waals surface area contributed by atoms with Crippen molar-refractivity contribution >= 4 is 0 Å². The molecule has 20 heavy (non-hydrogen) atoms. The summed E-state index contributed by atoms with van der Waals surface area (Å²) in [6.45, 7) is 0. The van der Waals surface area contributed by atoms with Gasteiger partial charge in [0.2, 0.25) is 0 Å². The fraction of sp³-hybridized carbons (Fsp3) is 0.333. The Morgan fingerprint density at radius 3 is 2.65 bits per heavy atom. The van der Waals surface area contributed by atoms with E-state index >= 15 is 0 Å². The molecule has 0 amide bonds. The highest BCUT2D eigenvalue weighted by atomic mass is 16.5. The van der Waals surface area contributed by atoms with Gasteiger partial charge in [-0.25, -0.2) is 0 Å². The molecule has 3 rings (SSSR count). The van der Waals surface area contributed by atoms with Crippen LogP contribution in [0.2, 0.25) is 0 Å². The van der Waals surface area contributed by atoms with Crippen molar-refractivity contribution in [2.45, 2.75) is 24.8 Å². The minimum absolute atomic E-state index is 0.511. The second kappa shape index (κ2) is 5.68. The molecule has 2 nitrogen and oxygen atoms in total. The molecule has 0 fully saturated rings. The molecule has 0 bridgehead atoms. The number of ether oxygens (including phenoxy) is 1. The lowest BCUT2D eigenvalue weighted by Crippen LogP contribution is -2.30. The van der Waals surface area contributed by atoms with Crippen LogP contribution >= 0.6 is 0 Å². The summed E-state index contributed by atoms with van der Waals surface area (Å²) in [6.07, 6.45) is 2.18. The van der Waals surface area contributed by atoms with Gasteiger partial charge in [0.1, 0.15) is 5.75 Å². The fourth-order valence-electron chi connectivity index (χ4n) is 3.25. The van der Waals surface area contributed by atoms with Crippen molar-refractivity contribution in [2.75, 3.05) is 14.2 Å². The number of hydrogen-bond acceptors (Lipinski definition) is 2. The van der Waals surface area contributed by atoms with E-state index in [1.165, 1.54) is 16.7 Å². The van der Waals surface area contributed by atoms with Crippen LogP contribution in [0.5, 0.6) is 5.75 Å². The zero-order valence-corrected chi connectivity index (χ0v) is 12.1. The average Bonchev–Trinajstić information content (AvgIpc) is 2.85. The van der Waals surface area contributed by atoms with Crippen LogP contribution < -0.4 is 10.1 Å². The van der Waals surface area contributed by atoms with Crippen molar-refractivity contribution < 1.29 is 4.74 Å². The highest BCUT2D eigenvalue weighted by Gasteiger charge is 2.31. The molecule has 2 heteroatoms. The average molecular weight is 267 g/mol. The Labute approximate surface area is 120 Å². The Kier molecular flexibility index (Phi) is 3.75. The van der Waals surface area contributed by atoms with E-state index in [1.54, 1.807) is 7.11 Å². The van der Waals surface area contributed by atoms with Gasteiger partial charge in [-0.05, 0) is 48.7 Å². The molecule has 0 saturated heterocycles. The number of likely N-dealkylation sites (N-methyl/N-ethyl adjacent to an activating group) is 1. The van der Waals surface area contributed by atoms with Crippen LogP contribution in [-0.4, -0.2) is 20.2 Å². The SMILES string of the molecule is CNC1Cc2ccc(OC)cc2C1Cc1ccccc1. The lowest BCUT2D eigenvalue weighted by Gasteiger charge is -2.20. The van der Waals surface area contributed by atoms with E-state index in [1.807, 2.05) is 0 Å². The van der Waals surface area contributed by atoms with Crippen LogP contribution in [0.15, 0.2) is 48.5 Å². The van der Waals surface area contributed by atoms with E-state index in [0.717, 1.165) is 18.6 Å². The summed E-state index contributed by atoms with van der Waals surface area (Å²) in [5, 5.41) is 3.48. The second-order valence-corrected chi connectivity index (χ2v) is 5.46.